The third-order valence-electron chi connectivity index (χ3n) is 4.15. The van der Waals surface area contributed by atoms with Gasteiger partial charge >= 0.3 is 0 Å². The molecule has 1 radical (unpaired) electrons. The number of hydrogen-bond donors (Lipinski definition) is 1. The second-order valence-electron chi connectivity index (χ2n) is 7.05. The molecule has 1 N–H and O–H groups in total. The van der Waals surface area contributed by atoms with Crippen molar-refractivity contribution in [3.63, 3.8) is 0 Å². The molecule has 0 aromatic heterocycles. The summed E-state index contributed by atoms with van der Waals surface area (Å²) in [6.45, 7) is 16.9. The lowest BCUT2D eigenvalue weighted by Gasteiger charge is -2.10. The molecule has 0 bridgehead atoms. The molecule has 0 spiro atoms. The molecule has 0 aromatic rings. The number of nitrogens with zero attached hydrogens (tertiary/aromatic N) is 3. The molecular formula is C21H31B2N4O2. The Morgan fingerprint density at radius 3 is 2.76 bits per heavy atom. The molecule has 8 heteroatoms. The van der Waals surface area contributed by atoms with Crippen LogP contribution in [0.15, 0.2) is 63.3 Å². The predicted octanol–water partition coefficient (Wildman–Crippen LogP) is 4.12. The zero-order valence-corrected chi connectivity index (χ0v) is 18.1. The molecule has 1 heterocycles. The van der Waals surface area contributed by atoms with E-state index < -0.39 is 0 Å². The van der Waals surface area contributed by atoms with Gasteiger partial charge in [-0.3, -0.25) is 4.99 Å². The van der Waals surface area contributed by atoms with E-state index >= 15 is 0 Å². The number of carbonyl (C=O) groups excluding carboxylic acids is 1. The Morgan fingerprint density at radius 1 is 1.41 bits per heavy atom. The summed E-state index contributed by atoms with van der Waals surface area (Å²) < 4.78 is 5.62. The first-order chi connectivity index (χ1) is 13.9. The second-order valence-corrected chi connectivity index (χ2v) is 7.05. The first kappa shape index (κ1) is 24.4. The molecule has 0 unspecified atom stereocenters. The van der Waals surface area contributed by atoms with Gasteiger partial charge in [-0.2, -0.15) is 0 Å². The summed E-state index contributed by atoms with van der Waals surface area (Å²) >= 11 is 0. The molecule has 1 aliphatic heterocycles. The minimum Gasteiger partial charge on any atom is -0.491 e. The van der Waals surface area contributed by atoms with Crippen LogP contribution >= 0.6 is 0 Å². The topological polar surface area (TPSA) is 75.4 Å². The van der Waals surface area contributed by atoms with Crippen LogP contribution in [0.3, 0.4) is 0 Å². The molecule has 1 rings (SSSR count). The normalized spacial score (nSPS) is 16.9. The fourth-order valence-electron chi connectivity index (χ4n) is 2.49. The van der Waals surface area contributed by atoms with E-state index in [9.17, 15) is 4.79 Å². The standard InChI is InChI=1S/C21H31B2N4O2/c1-7-18(20-16(3)10-13-29-20)27-19(26-15-24-8-2)14-25-17(4)21(28)22-11-9-12-23(5)6/h7-8,14-15,27H,1,3,9-13H2,2,4-6H3/b19-14-,20-18-,24-8?,25-17?,26-15?. The van der Waals surface area contributed by atoms with E-state index in [4.69, 9.17) is 4.74 Å². The van der Waals surface area contributed by atoms with Crippen molar-refractivity contribution in [2.24, 2.45) is 15.0 Å². The van der Waals surface area contributed by atoms with Gasteiger partial charge in [0.2, 0.25) is 7.28 Å². The van der Waals surface area contributed by atoms with E-state index in [2.05, 4.69) is 47.1 Å². The lowest BCUT2D eigenvalue weighted by Crippen LogP contribution is -2.18. The highest BCUT2D eigenvalue weighted by Gasteiger charge is 2.17. The van der Waals surface area contributed by atoms with Crippen LogP contribution in [0, 0.1) is 0 Å². The number of carbonyl (C=O) groups is 1. The molecule has 0 amide bonds. The molecule has 6 nitrogen and oxygen atoms in total. The monoisotopic (exact) mass is 393 g/mol. The van der Waals surface area contributed by atoms with Crippen molar-refractivity contribution in [2.75, 3.05) is 6.61 Å². The Kier molecular flexibility index (Phi) is 11.4. The first-order valence-electron chi connectivity index (χ1n) is 9.96. The summed E-state index contributed by atoms with van der Waals surface area (Å²) in [5.41, 5.74) is 1.87. The van der Waals surface area contributed by atoms with Gasteiger partial charge in [0.15, 0.2) is 5.82 Å². The molecule has 1 aliphatic rings. The second kappa shape index (κ2) is 13.5. The van der Waals surface area contributed by atoms with Gasteiger partial charge in [-0.15, -0.1) is 0 Å². The Balaban J connectivity index is 2.91. The summed E-state index contributed by atoms with van der Waals surface area (Å²) in [5, 5.41) is 3.13. The Morgan fingerprint density at radius 2 is 2.17 bits per heavy atom. The van der Waals surface area contributed by atoms with Crippen molar-refractivity contribution in [1.82, 2.24) is 5.32 Å². The lowest BCUT2D eigenvalue weighted by molar-refractivity contribution is -0.106. The maximum atomic E-state index is 12.2. The zero-order chi connectivity index (χ0) is 21.6. The fourth-order valence-corrected chi connectivity index (χ4v) is 2.49. The van der Waals surface area contributed by atoms with Crippen molar-refractivity contribution < 1.29 is 9.53 Å². The van der Waals surface area contributed by atoms with Gasteiger partial charge in [0.25, 0.3) is 0 Å². The van der Waals surface area contributed by atoms with Crippen LogP contribution in [0.1, 0.15) is 26.7 Å². The van der Waals surface area contributed by atoms with Crippen molar-refractivity contribution in [3.05, 3.63) is 48.3 Å². The zero-order valence-electron chi connectivity index (χ0n) is 18.1. The SMILES string of the molecule is C=C/C(N/C(=C\N=C(C)C(=O)[B]CCCB(C)C)N=CN=CC)=C1/OCCC1=C. The average molecular weight is 393 g/mol. The first-order valence-corrected chi connectivity index (χ1v) is 9.96. The van der Waals surface area contributed by atoms with E-state index in [-0.39, 0.29) is 5.68 Å². The van der Waals surface area contributed by atoms with E-state index in [1.807, 2.05) is 0 Å². The van der Waals surface area contributed by atoms with Crippen LogP contribution < -0.4 is 5.32 Å². The van der Waals surface area contributed by atoms with Crippen molar-refractivity contribution >= 4 is 37.9 Å². The third-order valence-corrected chi connectivity index (χ3v) is 4.15. The smallest absolute Gasteiger partial charge is 0.210 e. The number of ether oxygens (including phenoxy) is 1. The summed E-state index contributed by atoms with van der Waals surface area (Å²) in [4.78, 5) is 24.7. The van der Waals surface area contributed by atoms with Gasteiger partial charge in [-0.05, 0) is 25.5 Å². The Bertz CT molecular complexity index is 750. The highest BCUT2D eigenvalue weighted by Crippen LogP contribution is 2.25. The summed E-state index contributed by atoms with van der Waals surface area (Å²) in [6, 6.07) is 0. The van der Waals surface area contributed by atoms with Crippen LogP contribution in [-0.4, -0.2) is 44.5 Å². The average Bonchev–Trinajstić information content (AvgIpc) is 3.12. The molecular weight excluding hydrogens is 362 g/mol. The van der Waals surface area contributed by atoms with Crippen LogP contribution in [0.5, 0.6) is 0 Å². The number of nitrogens with one attached hydrogen (secondary N) is 1. The van der Waals surface area contributed by atoms with Gasteiger partial charge in [0, 0.05) is 12.6 Å². The van der Waals surface area contributed by atoms with E-state index in [0.29, 0.717) is 36.3 Å². The van der Waals surface area contributed by atoms with Crippen molar-refractivity contribution in [3.8, 4) is 0 Å². The van der Waals surface area contributed by atoms with Crippen molar-refractivity contribution in [1.29, 1.82) is 0 Å². The van der Waals surface area contributed by atoms with Crippen LogP contribution in [0.4, 0.5) is 0 Å². The number of allylic oxidation sites excluding steroid dienone is 2. The third kappa shape index (κ3) is 9.41. The molecule has 0 aliphatic carbocycles. The summed E-state index contributed by atoms with van der Waals surface area (Å²) in [7, 11) is 1.69. The Hall–Kier alpha value is -2.63. The van der Waals surface area contributed by atoms with Gasteiger partial charge < -0.3 is 14.8 Å². The highest BCUT2D eigenvalue weighted by atomic mass is 16.5. The van der Waals surface area contributed by atoms with Gasteiger partial charge in [0.05, 0.1) is 24.2 Å². The maximum absolute atomic E-state index is 12.2. The van der Waals surface area contributed by atoms with Gasteiger partial charge in [-0.25, -0.2) is 9.98 Å². The van der Waals surface area contributed by atoms with Crippen LogP contribution in [-0.2, 0) is 9.53 Å². The Labute approximate surface area is 176 Å². The molecule has 1 fully saturated rings. The van der Waals surface area contributed by atoms with Crippen LogP contribution in [0.2, 0.25) is 26.3 Å². The summed E-state index contributed by atoms with van der Waals surface area (Å²) in [6.07, 6.45) is 9.80. The van der Waals surface area contributed by atoms with E-state index in [0.717, 1.165) is 31.1 Å². The molecule has 29 heavy (non-hydrogen) atoms. The number of rotatable bonds is 12. The predicted molar refractivity (Wildman–Crippen MR) is 126 cm³/mol. The minimum absolute atomic E-state index is 0.0743. The summed E-state index contributed by atoms with van der Waals surface area (Å²) in [5.74, 6) is 1.07. The van der Waals surface area contributed by atoms with E-state index in [1.165, 1.54) is 12.5 Å². The van der Waals surface area contributed by atoms with Crippen LogP contribution in [0.25, 0.3) is 0 Å². The largest absolute Gasteiger partial charge is 0.491 e. The number of hydrogen-bond acceptors (Lipinski definition) is 5. The van der Waals surface area contributed by atoms with E-state index in [1.54, 1.807) is 33.4 Å². The molecule has 0 aromatic carbocycles. The molecule has 0 atom stereocenters. The quantitative estimate of drug-likeness (QED) is 0.235. The number of aliphatic imine (C=N–C) groups is 3. The maximum Gasteiger partial charge on any atom is 0.210 e. The molecule has 153 valence electrons. The lowest BCUT2D eigenvalue weighted by atomic mass is 9.50. The molecule has 0 saturated carbocycles. The van der Waals surface area contributed by atoms with Gasteiger partial charge in [0.1, 0.15) is 24.5 Å². The van der Waals surface area contributed by atoms with Gasteiger partial charge in [-0.1, -0.05) is 45.9 Å². The molecule has 1 saturated heterocycles. The highest BCUT2D eigenvalue weighted by molar-refractivity contribution is 6.88. The minimum atomic E-state index is -0.0743. The fraction of sp³-hybridized carbons (Fsp3) is 0.429. The van der Waals surface area contributed by atoms with Crippen molar-refractivity contribution in [2.45, 2.75) is 53.0 Å².